The molecule has 2 aliphatic heterocycles. The summed E-state index contributed by atoms with van der Waals surface area (Å²) in [6, 6.07) is 2.87. The number of rotatable bonds is 1. The standard InChI is InChI=1S/C13H19N3/c1-10-7-14-5-4-12(10)16-6-2-3-11-8-15-9-13(11)16/h4-5,7,11,13,15H,2-3,6,8-9H2,1H3. The molecule has 0 aliphatic carbocycles. The van der Waals surface area contributed by atoms with Gasteiger partial charge in [-0.2, -0.15) is 0 Å². The lowest BCUT2D eigenvalue weighted by molar-refractivity contribution is 0.385. The predicted molar refractivity (Wildman–Crippen MR) is 65.7 cm³/mol. The van der Waals surface area contributed by atoms with Gasteiger partial charge < -0.3 is 10.2 Å². The number of anilines is 1. The minimum absolute atomic E-state index is 0.704. The van der Waals surface area contributed by atoms with Crippen molar-refractivity contribution >= 4 is 5.69 Å². The normalized spacial score (nSPS) is 29.2. The topological polar surface area (TPSA) is 28.2 Å². The Morgan fingerprint density at radius 3 is 3.25 bits per heavy atom. The summed E-state index contributed by atoms with van der Waals surface area (Å²) in [7, 11) is 0. The largest absolute Gasteiger partial charge is 0.367 e. The molecule has 2 saturated heterocycles. The molecule has 3 heteroatoms. The molecule has 0 aromatic carbocycles. The summed E-state index contributed by atoms with van der Waals surface area (Å²) in [6.07, 6.45) is 6.60. The molecule has 86 valence electrons. The van der Waals surface area contributed by atoms with Gasteiger partial charge in [0.1, 0.15) is 0 Å². The Labute approximate surface area is 96.9 Å². The minimum atomic E-state index is 0.704. The first-order chi connectivity index (χ1) is 7.86. The number of piperidine rings is 1. The summed E-state index contributed by atoms with van der Waals surface area (Å²) >= 11 is 0. The Bertz CT molecular complexity index is 377. The van der Waals surface area contributed by atoms with Crippen LogP contribution in [-0.4, -0.2) is 30.7 Å². The first-order valence-electron chi connectivity index (χ1n) is 6.24. The van der Waals surface area contributed by atoms with Gasteiger partial charge in [0, 0.05) is 43.8 Å². The summed E-state index contributed by atoms with van der Waals surface area (Å²) in [5.74, 6) is 0.848. The monoisotopic (exact) mass is 217 g/mol. The average Bonchev–Trinajstić information content (AvgIpc) is 2.77. The fourth-order valence-electron chi connectivity index (χ4n) is 3.16. The van der Waals surface area contributed by atoms with E-state index in [1.165, 1.54) is 37.2 Å². The van der Waals surface area contributed by atoms with Gasteiger partial charge in [-0.05, 0) is 37.3 Å². The Balaban J connectivity index is 1.91. The number of nitrogens with zero attached hydrogens (tertiary/aromatic N) is 2. The van der Waals surface area contributed by atoms with Crippen LogP contribution in [0, 0.1) is 12.8 Å². The smallest absolute Gasteiger partial charge is 0.0454 e. The van der Waals surface area contributed by atoms with Crippen LogP contribution in [-0.2, 0) is 0 Å². The molecule has 2 atom stereocenters. The molecule has 1 aromatic heterocycles. The highest BCUT2D eigenvalue weighted by atomic mass is 15.2. The van der Waals surface area contributed by atoms with E-state index in [1.54, 1.807) is 0 Å². The van der Waals surface area contributed by atoms with E-state index in [9.17, 15) is 0 Å². The molecule has 2 unspecified atom stereocenters. The summed E-state index contributed by atoms with van der Waals surface area (Å²) < 4.78 is 0. The van der Waals surface area contributed by atoms with Gasteiger partial charge >= 0.3 is 0 Å². The molecule has 2 aliphatic rings. The molecule has 3 nitrogen and oxygen atoms in total. The summed E-state index contributed by atoms with van der Waals surface area (Å²) in [5.41, 5.74) is 2.68. The third-order valence-corrected chi connectivity index (χ3v) is 3.98. The number of pyridine rings is 1. The van der Waals surface area contributed by atoms with Crippen molar-refractivity contribution in [3.8, 4) is 0 Å². The van der Waals surface area contributed by atoms with E-state index in [1.807, 2.05) is 12.4 Å². The molecule has 2 fully saturated rings. The maximum Gasteiger partial charge on any atom is 0.0454 e. The van der Waals surface area contributed by atoms with Crippen LogP contribution >= 0.6 is 0 Å². The van der Waals surface area contributed by atoms with Crippen LogP contribution in [0.2, 0.25) is 0 Å². The number of hydrogen-bond acceptors (Lipinski definition) is 3. The summed E-state index contributed by atoms with van der Waals surface area (Å²) in [6.45, 7) is 5.71. The summed E-state index contributed by atoms with van der Waals surface area (Å²) in [4.78, 5) is 6.77. The van der Waals surface area contributed by atoms with E-state index in [-0.39, 0.29) is 0 Å². The van der Waals surface area contributed by atoms with Gasteiger partial charge in [0.05, 0.1) is 0 Å². The van der Waals surface area contributed by atoms with Gasteiger partial charge in [-0.15, -0.1) is 0 Å². The van der Waals surface area contributed by atoms with Crippen molar-refractivity contribution in [1.29, 1.82) is 0 Å². The van der Waals surface area contributed by atoms with Crippen molar-refractivity contribution in [3.05, 3.63) is 24.0 Å². The number of hydrogen-bond donors (Lipinski definition) is 1. The fraction of sp³-hybridized carbons (Fsp3) is 0.615. The van der Waals surface area contributed by atoms with Crippen LogP contribution < -0.4 is 10.2 Å². The van der Waals surface area contributed by atoms with E-state index in [2.05, 4.69) is 28.2 Å². The number of aromatic nitrogens is 1. The Kier molecular flexibility index (Phi) is 2.56. The second kappa shape index (κ2) is 4.06. The molecule has 0 saturated carbocycles. The molecular formula is C13H19N3. The lowest BCUT2D eigenvalue weighted by Crippen LogP contribution is -2.45. The molecule has 0 bridgehead atoms. The highest BCUT2D eigenvalue weighted by molar-refractivity contribution is 5.53. The van der Waals surface area contributed by atoms with Crippen molar-refractivity contribution in [3.63, 3.8) is 0 Å². The third kappa shape index (κ3) is 1.59. The maximum atomic E-state index is 4.18. The van der Waals surface area contributed by atoms with Gasteiger partial charge in [0.15, 0.2) is 0 Å². The quantitative estimate of drug-likeness (QED) is 0.774. The Morgan fingerprint density at radius 1 is 1.44 bits per heavy atom. The van der Waals surface area contributed by atoms with Crippen LogP contribution in [0.1, 0.15) is 18.4 Å². The highest BCUT2D eigenvalue weighted by Gasteiger charge is 2.35. The van der Waals surface area contributed by atoms with Crippen LogP contribution in [0.3, 0.4) is 0 Å². The number of nitrogens with one attached hydrogen (secondary N) is 1. The molecule has 0 spiro atoms. The second-order valence-electron chi connectivity index (χ2n) is 4.98. The van der Waals surface area contributed by atoms with Gasteiger partial charge in [-0.3, -0.25) is 4.98 Å². The molecule has 3 rings (SSSR count). The molecular weight excluding hydrogens is 198 g/mol. The first kappa shape index (κ1) is 10.1. The van der Waals surface area contributed by atoms with E-state index < -0.39 is 0 Å². The summed E-state index contributed by atoms with van der Waals surface area (Å²) in [5, 5.41) is 3.53. The lowest BCUT2D eigenvalue weighted by atomic mass is 9.91. The molecule has 3 heterocycles. The van der Waals surface area contributed by atoms with Crippen molar-refractivity contribution in [1.82, 2.24) is 10.3 Å². The zero-order valence-electron chi connectivity index (χ0n) is 9.82. The minimum Gasteiger partial charge on any atom is -0.367 e. The van der Waals surface area contributed by atoms with E-state index in [0.29, 0.717) is 6.04 Å². The molecule has 1 aromatic rings. The van der Waals surface area contributed by atoms with Crippen molar-refractivity contribution < 1.29 is 0 Å². The van der Waals surface area contributed by atoms with E-state index in [4.69, 9.17) is 0 Å². The van der Waals surface area contributed by atoms with Crippen LogP contribution in [0.5, 0.6) is 0 Å². The molecule has 0 amide bonds. The Hall–Kier alpha value is -1.09. The highest BCUT2D eigenvalue weighted by Crippen LogP contribution is 2.31. The first-order valence-corrected chi connectivity index (χ1v) is 6.24. The number of fused-ring (bicyclic) bond motifs is 1. The molecule has 1 N–H and O–H groups in total. The predicted octanol–water partition coefficient (Wildman–Crippen LogP) is 1.58. The van der Waals surface area contributed by atoms with Crippen molar-refractivity contribution in [2.24, 2.45) is 5.92 Å². The van der Waals surface area contributed by atoms with Gasteiger partial charge in [0.25, 0.3) is 0 Å². The average molecular weight is 217 g/mol. The third-order valence-electron chi connectivity index (χ3n) is 3.98. The van der Waals surface area contributed by atoms with Crippen LogP contribution in [0.25, 0.3) is 0 Å². The van der Waals surface area contributed by atoms with Crippen molar-refractivity contribution in [2.75, 3.05) is 24.5 Å². The van der Waals surface area contributed by atoms with Gasteiger partial charge in [-0.1, -0.05) is 0 Å². The van der Waals surface area contributed by atoms with Gasteiger partial charge in [0.2, 0.25) is 0 Å². The van der Waals surface area contributed by atoms with Gasteiger partial charge in [-0.25, -0.2) is 0 Å². The number of aryl methyl sites for hydroxylation is 1. The van der Waals surface area contributed by atoms with Crippen LogP contribution in [0.4, 0.5) is 5.69 Å². The zero-order chi connectivity index (χ0) is 11.0. The van der Waals surface area contributed by atoms with Crippen molar-refractivity contribution in [2.45, 2.75) is 25.8 Å². The fourth-order valence-corrected chi connectivity index (χ4v) is 3.16. The van der Waals surface area contributed by atoms with Crippen LogP contribution in [0.15, 0.2) is 18.5 Å². The second-order valence-corrected chi connectivity index (χ2v) is 4.98. The zero-order valence-corrected chi connectivity index (χ0v) is 9.82. The maximum absolute atomic E-state index is 4.18. The van der Waals surface area contributed by atoms with E-state index >= 15 is 0 Å². The molecule has 0 radical (unpaired) electrons. The lowest BCUT2D eigenvalue weighted by Gasteiger charge is -2.39. The SMILES string of the molecule is Cc1cnccc1N1CCCC2CNCC21. The Morgan fingerprint density at radius 2 is 2.38 bits per heavy atom. The molecule has 16 heavy (non-hydrogen) atoms. The van der Waals surface area contributed by atoms with E-state index in [0.717, 1.165) is 12.5 Å².